The monoisotopic (exact) mass is 242 g/mol. The van der Waals surface area contributed by atoms with E-state index in [2.05, 4.69) is 16.7 Å². The number of furan rings is 1. The zero-order valence-electron chi connectivity index (χ0n) is 8.86. The van der Waals surface area contributed by atoms with Crippen LogP contribution >= 0.6 is 12.4 Å². The van der Waals surface area contributed by atoms with Gasteiger partial charge < -0.3 is 15.1 Å². The molecule has 2 heterocycles. The minimum Gasteiger partial charge on any atom is -0.459 e. The maximum atomic E-state index is 11.5. The van der Waals surface area contributed by atoms with E-state index in [1.54, 1.807) is 12.1 Å². The Balaban J connectivity index is 0.00000128. The highest BCUT2D eigenvalue weighted by atomic mass is 35.5. The van der Waals surface area contributed by atoms with Crippen molar-refractivity contribution < 1.29 is 9.21 Å². The molecule has 88 valence electrons. The molecule has 0 aliphatic carbocycles. The minimum atomic E-state index is -0.153. The van der Waals surface area contributed by atoms with Crippen LogP contribution in [0.2, 0.25) is 0 Å². The van der Waals surface area contributed by atoms with Crippen molar-refractivity contribution in [2.75, 3.05) is 19.6 Å². The van der Waals surface area contributed by atoms with Gasteiger partial charge in [-0.2, -0.15) is 0 Å². The molecule has 0 aromatic carbocycles. The van der Waals surface area contributed by atoms with Crippen molar-refractivity contribution in [2.45, 2.75) is 6.42 Å². The Bertz CT molecular complexity index is 360. The number of nitrogens with one attached hydrogen (secondary N) is 2. The average Bonchev–Trinajstić information content (AvgIpc) is 2.81. The highest BCUT2D eigenvalue weighted by Crippen LogP contribution is 2.04. The second-order valence-corrected chi connectivity index (χ2v) is 3.48. The first kappa shape index (κ1) is 12.8. The van der Waals surface area contributed by atoms with E-state index in [9.17, 15) is 4.79 Å². The molecular formula is C11H15ClN2O2. The summed E-state index contributed by atoms with van der Waals surface area (Å²) in [6.07, 6.45) is 4.61. The first-order valence-electron chi connectivity index (χ1n) is 5.06. The average molecular weight is 243 g/mol. The number of halogens is 1. The first-order chi connectivity index (χ1) is 7.36. The summed E-state index contributed by atoms with van der Waals surface area (Å²) in [5.74, 6) is 0.212. The second kappa shape index (κ2) is 6.35. The van der Waals surface area contributed by atoms with Gasteiger partial charge in [-0.15, -0.1) is 12.4 Å². The van der Waals surface area contributed by atoms with Gasteiger partial charge in [0.25, 0.3) is 5.91 Å². The molecule has 0 fully saturated rings. The molecule has 0 saturated heterocycles. The van der Waals surface area contributed by atoms with Gasteiger partial charge in [-0.3, -0.25) is 4.79 Å². The van der Waals surface area contributed by atoms with E-state index in [0.29, 0.717) is 12.3 Å². The molecule has 1 aliphatic heterocycles. The fourth-order valence-electron chi connectivity index (χ4n) is 1.52. The summed E-state index contributed by atoms with van der Waals surface area (Å²) in [4.78, 5) is 11.5. The Morgan fingerprint density at radius 1 is 1.56 bits per heavy atom. The van der Waals surface area contributed by atoms with Gasteiger partial charge in [0.05, 0.1) is 6.26 Å². The second-order valence-electron chi connectivity index (χ2n) is 3.48. The third kappa shape index (κ3) is 3.40. The normalized spacial score (nSPS) is 14.9. The third-order valence-corrected chi connectivity index (χ3v) is 2.38. The summed E-state index contributed by atoms with van der Waals surface area (Å²) in [7, 11) is 0. The Kier molecular flexibility index (Phi) is 5.08. The Hall–Kier alpha value is -1.26. The summed E-state index contributed by atoms with van der Waals surface area (Å²) >= 11 is 0. The van der Waals surface area contributed by atoms with Gasteiger partial charge in [-0.1, -0.05) is 11.6 Å². The Morgan fingerprint density at radius 2 is 2.44 bits per heavy atom. The smallest absolute Gasteiger partial charge is 0.287 e. The van der Waals surface area contributed by atoms with Crippen LogP contribution in [0.3, 0.4) is 0 Å². The van der Waals surface area contributed by atoms with E-state index >= 15 is 0 Å². The molecule has 0 bridgehead atoms. The molecule has 16 heavy (non-hydrogen) atoms. The zero-order chi connectivity index (χ0) is 10.5. The molecule has 1 aromatic rings. The van der Waals surface area contributed by atoms with Crippen LogP contribution in [0.4, 0.5) is 0 Å². The number of hydrogen-bond donors (Lipinski definition) is 2. The van der Waals surface area contributed by atoms with E-state index in [1.165, 1.54) is 11.8 Å². The maximum Gasteiger partial charge on any atom is 0.287 e. The Labute approximate surface area is 100 Å². The lowest BCUT2D eigenvalue weighted by molar-refractivity contribution is 0.0929. The van der Waals surface area contributed by atoms with E-state index < -0.39 is 0 Å². The number of carbonyl (C=O) groups is 1. The fraction of sp³-hybridized carbons (Fsp3) is 0.364. The van der Waals surface area contributed by atoms with Crippen molar-refractivity contribution in [1.29, 1.82) is 0 Å². The van der Waals surface area contributed by atoms with E-state index in [-0.39, 0.29) is 18.3 Å². The molecule has 0 saturated carbocycles. The van der Waals surface area contributed by atoms with Crippen molar-refractivity contribution in [3.05, 3.63) is 35.8 Å². The van der Waals surface area contributed by atoms with E-state index in [0.717, 1.165) is 19.5 Å². The Morgan fingerprint density at radius 3 is 3.06 bits per heavy atom. The lowest BCUT2D eigenvalue weighted by Crippen LogP contribution is -2.29. The molecule has 0 unspecified atom stereocenters. The predicted molar refractivity (Wildman–Crippen MR) is 63.9 cm³/mol. The quantitative estimate of drug-likeness (QED) is 0.787. The van der Waals surface area contributed by atoms with Gasteiger partial charge in [-0.25, -0.2) is 0 Å². The highest BCUT2D eigenvalue weighted by molar-refractivity contribution is 5.91. The van der Waals surface area contributed by atoms with Crippen LogP contribution in [0, 0.1) is 0 Å². The molecular weight excluding hydrogens is 228 g/mol. The number of rotatable bonds is 3. The molecule has 4 nitrogen and oxygen atoms in total. The lowest BCUT2D eigenvalue weighted by Gasteiger charge is -2.13. The van der Waals surface area contributed by atoms with Crippen molar-refractivity contribution in [3.63, 3.8) is 0 Å². The standard InChI is InChI=1S/C11H14N2O2.ClH/c14-11(10-2-1-7-15-10)13-8-9-3-5-12-6-4-9;/h1-3,7,12H,4-6,8H2,(H,13,14);1H. The SMILES string of the molecule is Cl.O=C(NCC1=CCNCC1)c1ccco1. The molecule has 0 radical (unpaired) electrons. The molecule has 5 heteroatoms. The molecule has 1 amide bonds. The topological polar surface area (TPSA) is 54.3 Å². The predicted octanol–water partition coefficient (Wildman–Crippen LogP) is 1.35. The number of carbonyl (C=O) groups excluding carboxylic acids is 1. The molecule has 1 aliphatic rings. The van der Waals surface area contributed by atoms with Crippen LogP contribution in [-0.4, -0.2) is 25.5 Å². The molecule has 2 rings (SSSR count). The van der Waals surface area contributed by atoms with E-state index in [1.807, 2.05) is 0 Å². The van der Waals surface area contributed by atoms with Crippen molar-refractivity contribution in [1.82, 2.24) is 10.6 Å². The van der Waals surface area contributed by atoms with Gasteiger partial charge in [0.2, 0.25) is 0 Å². The highest BCUT2D eigenvalue weighted by Gasteiger charge is 2.09. The number of amides is 1. The molecule has 0 spiro atoms. The van der Waals surface area contributed by atoms with E-state index in [4.69, 9.17) is 4.42 Å². The van der Waals surface area contributed by atoms with Gasteiger partial charge >= 0.3 is 0 Å². The van der Waals surface area contributed by atoms with Gasteiger partial charge in [0, 0.05) is 13.1 Å². The van der Waals surface area contributed by atoms with Crippen LogP contribution in [0.15, 0.2) is 34.5 Å². The third-order valence-electron chi connectivity index (χ3n) is 2.38. The van der Waals surface area contributed by atoms with Crippen molar-refractivity contribution in [3.8, 4) is 0 Å². The largest absolute Gasteiger partial charge is 0.459 e. The summed E-state index contributed by atoms with van der Waals surface area (Å²) in [5.41, 5.74) is 1.27. The maximum absolute atomic E-state index is 11.5. The fourth-order valence-corrected chi connectivity index (χ4v) is 1.52. The zero-order valence-corrected chi connectivity index (χ0v) is 9.68. The summed E-state index contributed by atoms with van der Waals surface area (Å²) < 4.78 is 4.99. The summed E-state index contributed by atoms with van der Waals surface area (Å²) in [5, 5.41) is 6.05. The van der Waals surface area contributed by atoms with Gasteiger partial charge in [-0.05, 0) is 25.1 Å². The van der Waals surface area contributed by atoms with Crippen LogP contribution < -0.4 is 10.6 Å². The summed E-state index contributed by atoms with van der Waals surface area (Å²) in [6, 6.07) is 3.37. The molecule has 0 atom stereocenters. The van der Waals surface area contributed by atoms with Crippen LogP contribution in [0.5, 0.6) is 0 Å². The first-order valence-corrected chi connectivity index (χ1v) is 5.06. The van der Waals surface area contributed by atoms with Gasteiger partial charge in [0.15, 0.2) is 5.76 Å². The van der Waals surface area contributed by atoms with Crippen LogP contribution in [0.25, 0.3) is 0 Å². The van der Waals surface area contributed by atoms with Gasteiger partial charge in [0.1, 0.15) is 0 Å². The molecule has 1 aromatic heterocycles. The van der Waals surface area contributed by atoms with Crippen molar-refractivity contribution >= 4 is 18.3 Å². The minimum absolute atomic E-state index is 0. The van der Waals surface area contributed by atoms with Crippen molar-refractivity contribution in [2.24, 2.45) is 0 Å². The lowest BCUT2D eigenvalue weighted by atomic mass is 10.1. The molecule has 2 N–H and O–H groups in total. The summed E-state index contributed by atoms with van der Waals surface area (Å²) in [6.45, 7) is 2.50. The number of hydrogen-bond acceptors (Lipinski definition) is 3. The van der Waals surface area contributed by atoms with Crippen LogP contribution in [0.1, 0.15) is 17.0 Å². The van der Waals surface area contributed by atoms with Crippen LogP contribution in [-0.2, 0) is 0 Å².